The second kappa shape index (κ2) is 27.6. The van der Waals surface area contributed by atoms with Gasteiger partial charge in [0.05, 0.1) is 55.5 Å². The molecule has 22 aromatic rings. The number of hydrogen-bond acceptors (Lipinski definition) is 4. The maximum atomic E-state index is 5.19. The molecule has 22 rings (SSSR count). The Kier molecular flexibility index (Phi) is 16.1. The van der Waals surface area contributed by atoms with Crippen LogP contribution in [-0.2, 0) is 0 Å². The van der Waals surface area contributed by atoms with Gasteiger partial charge >= 0.3 is 0 Å². The molecule has 0 spiro atoms. The van der Waals surface area contributed by atoms with Gasteiger partial charge in [0.1, 0.15) is 0 Å². The Labute approximate surface area is 646 Å². The van der Waals surface area contributed by atoms with E-state index < -0.39 is 0 Å². The van der Waals surface area contributed by atoms with Crippen molar-refractivity contribution >= 4 is 87.2 Å². The van der Waals surface area contributed by atoms with E-state index >= 15 is 0 Å². The van der Waals surface area contributed by atoms with Crippen LogP contribution in [0.3, 0.4) is 0 Å². The first-order chi connectivity index (χ1) is 55.5. The average Bonchev–Trinajstić information content (AvgIpc) is 1.59. The first kappa shape index (κ1) is 65.2. The van der Waals surface area contributed by atoms with Crippen LogP contribution in [0.25, 0.3) is 200 Å². The second-order valence-electron chi connectivity index (χ2n) is 28.5. The van der Waals surface area contributed by atoms with Gasteiger partial charge in [-0.15, -0.1) is 0 Å². The van der Waals surface area contributed by atoms with Crippen LogP contribution < -0.4 is 0 Å². The summed E-state index contributed by atoms with van der Waals surface area (Å²) in [5, 5.41) is 9.64. The van der Waals surface area contributed by atoms with Crippen LogP contribution in [0.2, 0.25) is 0 Å². The highest BCUT2D eigenvalue weighted by molar-refractivity contribution is 6.15. The molecule has 524 valence electrons. The maximum Gasteiger partial charge on any atom is 0.235 e. The average molecular weight is 1430 g/mol. The van der Waals surface area contributed by atoms with E-state index in [1.54, 1.807) is 0 Å². The topological polar surface area (TPSA) is 71.3 Å². The Morgan fingerprint density at radius 2 is 0.393 bits per heavy atom. The van der Waals surface area contributed by atoms with Crippen molar-refractivity contribution in [1.29, 1.82) is 0 Å². The van der Waals surface area contributed by atoms with Crippen molar-refractivity contribution in [1.82, 2.24) is 38.2 Å². The minimum Gasteiger partial charge on any atom is -0.309 e. The van der Waals surface area contributed by atoms with Crippen molar-refractivity contribution in [2.24, 2.45) is 0 Å². The normalized spacial score (nSPS) is 11.6. The van der Waals surface area contributed by atoms with E-state index in [1.807, 2.05) is 36.7 Å². The number of nitrogens with zero attached hydrogens (tertiary/aromatic N) is 8. The number of hydrogen-bond donors (Lipinski definition) is 0. The third kappa shape index (κ3) is 11.6. The van der Waals surface area contributed by atoms with Gasteiger partial charge < -0.3 is 9.13 Å². The van der Waals surface area contributed by atoms with Crippen LogP contribution in [0.5, 0.6) is 0 Å². The molecule has 0 N–H and O–H groups in total. The van der Waals surface area contributed by atoms with E-state index in [-0.39, 0.29) is 0 Å². The SMILES string of the molecule is c1ccc(-c2ccc(-c3ccc(-c4ccnc(-n5c6ccccc6c6cc(-c7ccc8c(c7)c7ccccc7n8-c7ccccc7)ccc65)n4)cc3)cc2)cc1.c1ccc(-c2ccc(-c3cccc(-c4ccnc(-n5c6ccccc6c6cc(-c7ccc8c(c7)c7ccccc7n8-c7ccccc7)ccc65)n4)c3)cc2)cc1. The minimum atomic E-state index is 0.647. The molecular formula is C104H68N8. The van der Waals surface area contributed by atoms with Crippen LogP contribution in [0.4, 0.5) is 0 Å². The zero-order valence-corrected chi connectivity index (χ0v) is 60.8. The van der Waals surface area contributed by atoms with Gasteiger partial charge in [0, 0.05) is 78.0 Å². The molecule has 0 atom stereocenters. The second-order valence-corrected chi connectivity index (χ2v) is 28.5. The summed E-state index contributed by atoms with van der Waals surface area (Å²) in [4.78, 5) is 20.0. The number of aromatic nitrogens is 8. The molecule has 0 unspecified atom stereocenters. The van der Waals surface area contributed by atoms with E-state index in [4.69, 9.17) is 19.9 Å². The third-order valence-corrected chi connectivity index (χ3v) is 22.1. The van der Waals surface area contributed by atoms with Gasteiger partial charge in [0.2, 0.25) is 11.9 Å². The van der Waals surface area contributed by atoms with Crippen molar-refractivity contribution in [3.05, 3.63) is 413 Å². The van der Waals surface area contributed by atoms with Gasteiger partial charge in [0.25, 0.3) is 0 Å². The van der Waals surface area contributed by atoms with E-state index in [1.165, 1.54) is 126 Å². The molecule has 16 aromatic carbocycles. The third-order valence-electron chi connectivity index (χ3n) is 22.1. The monoisotopic (exact) mass is 1430 g/mol. The Balaban J connectivity index is 0.000000141. The molecule has 6 heterocycles. The quantitative estimate of drug-likeness (QED) is 0.122. The summed E-state index contributed by atoms with van der Waals surface area (Å²) < 4.78 is 9.11. The Hall–Kier alpha value is -15.1. The molecule has 0 aliphatic heterocycles. The molecule has 0 aliphatic carbocycles. The smallest absolute Gasteiger partial charge is 0.235 e. The van der Waals surface area contributed by atoms with Crippen molar-refractivity contribution in [3.63, 3.8) is 0 Å². The highest BCUT2D eigenvalue weighted by Gasteiger charge is 2.21. The maximum absolute atomic E-state index is 5.19. The van der Waals surface area contributed by atoms with Crippen LogP contribution in [0.15, 0.2) is 413 Å². The summed E-state index contributed by atoms with van der Waals surface area (Å²) >= 11 is 0. The van der Waals surface area contributed by atoms with Crippen molar-refractivity contribution < 1.29 is 0 Å². The molecular weight excluding hydrogens is 1360 g/mol. The highest BCUT2D eigenvalue weighted by atomic mass is 15.2. The molecule has 0 aliphatic rings. The van der Waals surface area contributed by atoms with Crippen molar-refractivity contribution in [2.45, 2.75) is 0 Å². The Bertz CT molecular complexity index is 7320. The van der Waals surface area contributed by atoms with Gasteiger partial charge in [-0.05, 0) is 182 Å². The lowest BCUT2D eigenvalue weighted by atomic mass is 9.98. The number of rotatable bonds is 12. The highest BCUT2D eigenvalue weighted by Crippen LogP contribution is 2.42. The molecule has 0 radical (unpaired) electrons. The lowest BCUT2D eigenvalue weighted by Gasteiger charge is -2.10. The first-order valence-corrected chi connectivity index (χ1v) is 38.0. The van der Waals surface area contributed by atoms with E-state index in [2.05, 4.69) is 394 Å². The minimum absolute atomic E-state index is 0.647. The molecule has 6 aromatic heterocycles. The van der Waals surface area contributed by atoms with Crippen LogP contribution in [-0.4, -0.2) is 38.2 Å². The standard InChI is InChI=1S/2C52H34N4/c1-3-12-35(13-4-1)36-22-24-37(25-23-36)38-14-11-15-41(32-38)47-30-31-53-52(54-47)56-49-21-10-8-19-44(49)46-34-40(27-29-51(46)56)39-26-28-50-45(33-39)43-18-7-9-20-48(43)55(50)42-16-5-2-6-17-42;1-3-11-35(12-4-1)36-19-21-37(22-20-36)38-23-25-39(26-24-38)47-31-32-53-52(54-47)56-49-18-10-8-16-44(49)46-34-41(28-30-51(46)56)40-27-29-50-45(33-40)43-15-7-9-17-48(43)55(50)42-13-5-2-6-14-42/h2*1-34H. The first-order valence-electron chi connectivity index (χ1n) is 38.0. The van der Waals surface area contributed by atoms with Gasteiger partial charge in [-0.25, -0.2) is 19.9 Å². The number of benzene rings is 16. The summed E-state index contributed by atoms with van der Waals surface area (Å²) in [7, 11) is 0. The lowest BCUT2D eigenvalue weighted by Crippen LogP contribution is -2.01. The van der Waals surface area contributed by atoms with Crippen molar-refractivity contribution in [2.75, 3.05) is 0 Å². The van der Waals surface area contributed by atoms with E-state index in [0.717, 1.165) is 61.5 Å². The number of fused-ring (bicyclic) bond motifs is 12. The zero-order chi connectivity index (χ0) is 74.0. The lowest BCUT2D eigenvalue weighted by molar-refractivity contribution is 0.992. The van der Waals surface area contributed by atoms with Gasteiger partial charge in [-0.3, -0.25) is 9.13 Å². The predicted octanol–water partition coefficient (Wildman–Crippen LogP) is 26.7. The molecule has 8 nitrogen and oxygen atoms in total. The zero-order valence-electron chi connectivity index (χ0n) is 60.8. The molecule has 8 heteroatoms. The molecule has 0 bridgehead atoms. The summed E-state index contributed by atoms with van der Waals surface area (Å²) in [6, 6.07) is 143. The Morgan fingerprint density at radius 3 is 0.759 bits per heavy atom. The summed E-state index contributed by atoms with van der Waals surface area (Å²) in [5.74, 6) is 1.30. The molecule has 0 fully saturated rings. The predicted molar refractivity (Wildman–Crippen MR) is 465 cm³/mol. The molecule has 112 heavy (non-hydrogen) atoms. The fraction of sp³-hybridized carbons (Fsp3) is 0. The van der Waals surface area contributed by atoms with Crippen LogP contribution >= 0.6 is 0 Å². The van der Waals surface area contributed by atoms with Crippen LogP contribution in [0, 0.1) is 0 Å². The van der Waals surface area contributed by atoms with Gasteiger partial charge in [-0.2, -0.15) is 0 Å². The summed E-state index contributed by atoms with van der Waals surface area (Å²) in [5.41, 5.74) is 29.5. The molecule has 0 amide bonds. The fourth-order valence-corrected chi connectivity index (χ4v) is 16.6. The molecule has 0 saturated carbocycles. The summed E-state index contributed by atoms with van der Waals surface area (Å²) in [6.07, 6.45) is 3.74. The van der Waals surface area contributed by atoms with E-state index in [9.17, 15) is 0 Å². The number of para-hydroxylation sites is 6. The largest absolute Gasteiger partial charge is 0.309 e. The van der Waals surface area contributed by atoms with Gasteiger partial charge in [0.15, 0.2) is 0 Å². The fourth-order valence-electron chi connectivity index (χ4n) is 16.6. The van der Waals surface area contributed by atoms with Crippen LogP contribution in [0.1, 0.15) is 0 Å². The molecule has 0 saturated heterocycles. The van der Waals surface area contributed by atoms with E-state index in [0.29, 0.717) is 11.9 Å². The Morgan fingerprint density at radius 1 is 0.152 bits per heavy atom. The van der Waals surface area contributed by atoms with Crippen molar-refractivity contribution in [3.8, 4) is 113 Å². The summed E-state index contributed by atoms with van der Waals surface area (Å²) in [6.45, 7) is 0. The van der Waals surface area contributed by atoms with Gasteiger partial charge in [-0.1, -0.05) is 285 Å².